The summed E-state index contributed by atoms with van der Waals surface area (Å²) < 4.78 is 2.30. The number of rotatable bonds is 2. The number of hydrogen-bond acceptors (Lipinski definition) is 3. The van der Waals surface area contributed by atoms with Gasteiger partial charge >= 0.3 is 0 Å². The molecule has 0 fully saturated rings. The topological polar surface area (TPSA) is 47.8 Å². The van der Waals surface area contributed by atoms with E-state index in [2.05, 4.69) is 26.2 Å². The number of carbonyl (C=O) groups excluding carboxylic acids is 1. The molecule has 4 nitrogen and oxygen atoms in total. The summed E-state index contributed by atoms with van der Waals surface area (Å²) in [4.78, 5) is 10.4. The summed E-state index contributed by atoms with van der Waals surface area (Å²) >= 11 is 9.21. The maximum absolute atomic E-state index is 10.4. The van der Waals surface area contributed by atoms with Crippen molar-refractivity contribution in [3.05, 3.63) is 39.6 Å². The van der Waals surface area contributed by atoms with Gasteiger partial charge in [0, 0.05) is 4.47 Å². The zero-order valence-electron chi connectivity index (χ0n) is 7.39. The van der Waals surface area contributed by atoms with Crippen molar-refractivity contribution in [2.75, 3.05) is 0 Å². The Bertz CT molecular complexity index is 512. The normalized spacial score (nSPS) is 10.3. The van der Waals surface area contributed by atoms with E-state index in [4.69, 9.17) is 11.6 Å². The van der Waals surface area contributed by atoms with Gasteiger partial charge in [0.15, 0.2) is 6.29 Å². The number of halogens is 2. The minimum absolute atomic E-state index is 0.286. The summed E-state index contributed by atoms with van der Waals surface area (Å²) in [5.41, 5.74) is 1.04. The summed E-state index contributed by atoms with van der Waals surface area (Å²) in [5.74, 6) is 0. The highest BCUT2D eigenvalue weighted by Gasteiger charge is 2.03. The van der Waals surface area contributed by atoms with Crippen LogP contribution in [0.2, 0.25) is 5.02 Å². The molecule has 0 aliphatic rings. The van der Waals surface area contributed by atoms with Gasteiger partial charge in [-0.15, -0.1) is 5.10 Å². The van der Waals surface area contributed by atoms with Crippen molar-refractivity contribution >= 4 is 33.8 Å². The largest absolute Gasteiger partial charge is 0.296 e. The summed E-state index contributed by atoms with van der Waals surface area (Å²) in [6.07, 6.45) is 2.18. The van der Waals surface area contributed by atoms with Crippen molar-refractivity contribution < 1.29 is 4.79 Å². The molecule has 2 aromatic rings. The molecule has 0 atom stereocenters. The molecule has 0 spiro atoms. The Morgan fingerprint density at radius 2 is 2.27 bits per heavy atom. The van der Waals surface area contributed by atoms with Crippen LogP contribution in [-0.4, -0.2) is 21.3 Å². The lowest BCUT2D eigenvalue weighted by Crippen LogP contribution is -1.94. The molecule has 0 bridgehead atoms. The maximum atomic E-state index is 10.4. The van der Waals surface area contributed by atoms with Crippen LogP contribution >= 0.6 is 27.5 Å². The quantitative estimate of drug-likeness (QED) is 0.797. The predicted molar refractivity (Wildman–Crippen MR) is 59.5 cm³/mol. The zero-order chi connectivity index (χ0) is 10.8. The molecule has 1 aromatic heterocycles. The summed E-state index contributed by atoms with van der Waals surface area (Å²) in [6, 6.07) is 5.36. The molecule has 0 saturated heterocycles. The number of aldehydes is 1. The highest BCUT2D eigenvalue weighted by atomic mass is 79.9. The SMILES string of the molecule is O=Cc1cn(-c2ccc(Br)c(Cl)c2)nn1. The Balaban J connectivity index is 2.44. The molecule has 0 amide bonds. The van der Waals surface area contributed by atoms with Crippen LogP contribution in [0.4, 0.5) is 0 Å². The fraction of sp³-hybridized carbons (Fsp3) is 0. The molecule has 76 valence electrons. The Morgan fingerprint density at radius 3 is 2.87 bits per heavy atom. The standard InChI is InChI=1S/C9H5BrClN3O/c10-8-2-1-7(3-9(8)11)14-4-6(5-15)12-13-14/h1-5H. The van der Waals surface area contributed by atoms with Crippen molar-refractivity contribution in [2.24, 2.45) is 0 Å². The molecule has 6 heteroatoms. The number of nitrogens with zero attached hydrogens (tertiary/aromatic N) is 3. The van der Waals surface area contributed by atoms with E-state index < -0.39 is 0 Å². The van der Waals surface area contributed by atoms with Gasteiger partial charge < -0.3 is 0 Å². The molecule has 15 heavy (non-hydrogen) atoms. The van der Waals surface area contributed by atoms with Crippen LogP contribution < -0.4 is 0 Å². The first-order chi connectivity index (χ1) is 7.20. The summed E-state index contributed by atoms with van der Waals surface area (Å²) in [7, 11) is 0. The van der Waals surface area contributed by atoms with E-state index in [0.29, 0.717) is 11.3 Å². The minimum atomic E-state index is 0.286. The second kappa shape index (κ2) is 4.12. The molecule has 0 radical (unpaired) electrons. The van der Waals surface area contributed by atoms with Gasteiger partial charge in [0.1, 0.15) is 5.69 Å². The molecule has 1 aromatic carbocycles. The fourth-order valence-electron chi connectivity index (χ4n) is 1.08. The Labute approximate surface area is 99.0 Å². The monoisotopic (exact) mass is 285 g/mol. The molecule has 0 saturated carbocycles. The lowest BCUT2D eigenvalue weighted by molar-refractivity contribution is 0.111. The molecular formula is C9H5BrClN3O. The van der Waals surface area contributed by atoms with Crippen LogP contribution in [0.5, 0.6) is 0 Å². The predicted octanol–water partition coefficient (Wildman–Crippen LogP) is 2.50. The third-order valence-electron chi connectivity index (χ3n) is 1.80. The number of hydrogen-bond donors (Lipinski definition) is 0. The van der Waals surface area contributed by atoms with Gasteiger partial charge in [-0.1, -0.05) is 16.8 Å². The van der Waals surface area contributed by atoms with Gasteiger partial charge in [-0.05, 0) is 34.1 Å². The van der Waals surface area contributed by atoms with E-state index in [1.165, 1.54) is 10.9 Å². The fourth-order valence-corrected chi connectivity index (χ4v) is 1.51. The first-order valence-corrected chi connectivity index (χ1v) is 5.21. The van der Waals surface area contributed by atoms with Crippen molar-refractivity contribution in [1.29, 1.82) is 0 Å². The lowest BCUT2D eigenvalue weighted by Gasteiger charge is -2.01. The van der Waals surface area contributed by atoms with E-state index in [1.807, 2.05) is 6.07 Å². The number of aromatic nitrogens is 3. The second-order valence-corrected chi connectivity index (χ2v) is 4.07. The Kier molecular flexibility index (Phi) is 2.83. The van der Waals surface area contributed by atoms with Gasteiger partial charge in [0.2, 0.25) is 0 Å². The van der Waals surface area contributed by atoms with Gasteiger partial charge in [0.25, 0.3) is 0 Å². The highest BCUT2D eigenvalue weighted by Crippen LogP contribution is 2.24. The third kappa shape index (κ3) is 2.08. The van der Waals surface area contributed by atoms with Crippen LogP contribution in [0.25, 0.3) is 5.69 Å². The smallest absolute Gasteiger partial charge is 0.171 e. The van der Waals surface area contributed by atoms with Crippen LogP contribution in [0, 0.1) is 0 Å². The van der Waals surface area contributed by atoms with Crippen molar-refractivity contribution in [2.45, 2.75) is 0 Å². The second-order valence-electron chi connectivity index (χ2n) is 2.80. The van der Waals surface area contributed by atoms with Gasteiger partial charge in [-0.2, -0.15) is 0 Å². The number of carbonyl (C=O) groups is 1. The number of benzene rings is 1. The molecule has 0 unspecified atom stereocenters. The molecule has 1 heterocycles. The minimum Gasteiger partial charge on any atom is -0.296 e. The van der Waals surface area contributed by atoms with Gasteiger partial charge in [-0.3, -0.25) is 4.79 Å². The van der Waals surface area contributed by atoms with E-state index in [9.17, 15) is 4.79 Å². The highest BCUT2D eigenvalue weighted by molar-refractivity contribution is 9.10. The van der Waals surface area contributed by atoms with E-state index in [1.54, 1.807) is 12.1 Å². The van der Waals surface area contributed by atoms with E-state index in [-0.39, 0.29) is 5.69 Å². The summed E-state index contributed by atoms with van der Waals surface area (Å²) in [6.45, 7) is 0. The maximum Gasteiger partial charge on any atom is 0.171 e. The molecule has 0 aliphatic carbocycles. The molecular weight excluding hydrogens is 281 g/mol. The molecule has 0 aliphatic heterocycles. The van der Waals surface area contributed by atoms with Crippen LogP contribution in [0.15, 0.2) is 28.9 Å². The average molecular weight is 287 g/mol. The van der Waals surface area contributed by atoms with Gasteiger partial charge in [0.05, 0.1) is 16.9 Å². The third-order valence-corrected chi connectivity index (χ3v) is 3.03. The zero-order valence-corrected chi connectivity index (χ0v) is 9.73. The average Bonchev–Trinajstić information content (AvgIpc) is 2.70. The van der Waals surface area contributed by atoms with Crippen molar-refractivity contribution in [3.63, 3.8) is 0 Å². The lowest BCUT2D eigenvalue weighted by atomic mass is 10.3. The van der Waals surface area contributed by atoms with Crippen LogP contribution in [0.1, 0.15) is 10.5 Å². The molecule has 2 rings (SSSR count). The first kappa shape index (κ1) is 10.3. The van der Waals surface area contributed by atoms with Crippen LogP contribution in [-0.2, 0) is 0 Å². The van der Waals surface area contributed by atoms with Gasteiger partial charge in [-0.25, -0.2) is 4.68 Å². The Morgan fingerprint density at radius 1 is 1.47 bits per heavy atom. The van der Waals surface area contributed by atoms with Crippen LogP contribution in [0.3, 0.4) is 0 Å². The first-order valence-electron chi connectivity index (χ1n) is 4.03. The van der Waals surface area contributed by atoms with E-state index >= 15 is 0 Å². The van der Waals surface area contributed by atoms with Crippen molar-refractivity contribution in [3.8, 4) is 5.69 Å². The van der Waals surface area contributed by atoms with Crippen molar-refractivity contribution in [1.82, 2.24) is 15.0 Å². The molecule has 0 N–H and O–H groups in total. The van der Waals surface area contributed by atoms with E-state index in [0.717, 1.165) is 10.2 Å². The summed E-state index contributed by atoms with van der Waals surface area (Å²) in [5, 5.41) is 8.02. The Hall–Kier alpha value is -1.20.